The summed E-state index contributed by atoms with van der Waals surface area (Å²) in [7, 11) is 0. The first-order valence-corrected chi connectivity index (χ1v) is 18.2. The van der Waals surface area contributed by atoms with Crippen LogP contribution < -0.4 is 0 Å². The van der Waals surface area contributed by atoms with Crippen LogP contribution in [-0.4, -0.2) is 122 Å². The molecule has 10 atom stereocenters. The molecule has 1 N–H and O–H groups in total. The molecule has 0 aromatic carbocycles. The van der Waals surface area contributed by atoms with Crippen molar-refractivity contribution in [3.63, 3.8) is 0 Å². The number of halogens is 3. The number of esters is 7. The Bertz CT molecular complexity index is 1320. The number of carbonyl (C=O) groups is 7. The Morgan fingerprint density at radius 1 is 0.510 bits per heavy atom. The standard InChI is InChI=1S/C29H38I3NO18/c1-11(34)41-9-18-21(43-12(2)35)23(45-14(4)37)25(47-16(6)39)27(49-18)42-10-19-22(44-13(3)36)24(46-15(5)38)26(48-17(7)40)28(50-19)51-20(33)8-29(30,31)32/h18-19,21-28,33H,8-10H2,1-7H3/t18-,19-,21-,22-,23+,24+,25-,26-,27-,28-/m1/s1. The fourth-order valence-corrected chi connectivity index (χ4v) is 6.00. The Morgan fingerprint density at radius 3 is 1.25 bits per heavy atom. The molecule has 51 heavy (non-hydrogen) atoms. The Hall–Kier alpha value is -2.17. The van der Waals surface area contributed by atoms with Crippen LogP contribution in [0, 0.1) is 5.41 Å². The summed E-state index contributed by atoms with van der Waals surface area (Å²) in [5, 5.41) is 8.42. The Balaban J connectivity index is 2.61. The van der Waals surface area contributed by atoms with E-state index < -0.39 is 116 Å². The van der Waals surface area contributed by atoms with Gasteiger partial charge in [-0.15, -0.1) is 0 Å². The van der Waals surface area contributed by atoms with E-state index in [4.69, 9.17) is 57.5 Å². The molecule has 2 aliphatic heterocycles. The van der Waals surface area contributed by atoms with Gasteiger partial charge in [-0.2, -0.15) is 0 Å². The maximum absolute atomic E-state index is 12.3. The molecule has 0 aliphatic carbocycles. The molecule has 0 aromatic rings. The van der Waals surface area contributed by atoms with Crippen LogP contribution in [0.3, 0.4) is 0 Å². The number of nitrogens with one attached hydrogen (secondary N) is 1. The van der Waals surface area contributed by atoms with Crippen LogP contribution in [-0.2, 0) is 85.7 Å². The topological polar surface area (TPSA) is 245 Å². The maximum atomic E-state index is 12.3. The van der Waals surface area contributed by atoms with E-state index in [1.54, 1.807) is 0 Å². The van der Waals surface area contributed by atoms with E-state index in [9.17, 15) is 33.6 Å². The highest BCUT2D eigenvalue weighted by Crippen LogP contribution is 2.40. The number of hydrogen-bond donors (Lipinski definition) is 1. The minimum Gasteiger partial charge on any atom is -0.463 e. The third-order valence-electron chi connectivity index (χ3n) is 6.49. The number of ether oxygens (including phenoxy) is 11. The van der Waals surface area contributed by atoms with Gasteiger partial charge >= 0.3 is 41.8 Å². The molecule has 19 nitrogen and oxygen atoms in total. The van der Waals surface area contributed by atoms with Crippen molar-refractivity contribution in [3.8, 4) is 0 Å². The molecule has 0 aromatic heterocycles. The predicted molar refractivity (Wildman–Crippen MR) is 191 cm³/mol. The molecule has 2 fully saturated rings. The predicted octanol–water partition coefficient (Wildman–Crippen LogP) is 1.95. The molecular formula is C29H38I3NO18. The quantitative estimate of drug-likeness (QED) is 0.0653. The molecule has 0 spiro atoms. The van der Waals surface area contributed by atoms with Crippen LogP contribution in [0.1, 0.15) is 54.9 Å². The van der Waals surface area contributed by atoms with Crippen LogP contribution in [0.2, 0.25) is 0 Å². The van der Waals surface area contributed by atoms with E-state index >= 15 is 0 Å². The van der Waals surface area contributed by atoms with Gasteiger partial charge in [0.25, 0.3) is 0 Å². The van der Waals surface area contributed by atoms with Crippen LogP contribution in [0.5, 0.6) is 0 Å². The minimum atomic E-state index is -1.67. The summed E-state index contributed by atoms with van der Waals surface area (Å²) in [5.41, 5.74) is 0. The number of alkyl halides is 3. The van der Waals surface area contributed by atoms with Crippen molar-refractivity contribution in [2.45, 2.75) is 116 Å². The maximum Gasteiger partial charge on any atom is 0.303 e. The summed E-state index contributed by atoms with van der Waals surface area (Å²) in [6.45, 7) is 6.28. The van der Waals surface area contributed by atoms with Crippen molar-refractivity contribution < 1.29 is 85.7 Å². The lowest BCUT2D eigenvalue weighted by Crippen LogP contribution is -2.65. The van der Waals surface area contributed by atoms with Gasteiger partial charge in [-0.1, -0.05) is 67.8 Å². The highest BCUT2D eigenvalue weighted by atomic mass is 127. The Kier molecular flexibility index (Phi) is 17.9. The van der Waals surface area contributed by atoms with Gasteiger partial charge in [0.05, 0.1) is 13.0 Å². The van der Waals surface area contributed by atoms with E-state index in [1.807, 2.05) is 0 Å². The zero-order chi connectivity index (χ0) is 38.8. The van der Waals surface area contributed by atoms with Gasteiger partial charge in [0.2, 0.25) is 12.4 Å². The molecule has 0 unspecified atom stereocenters. The average molecular weight is 1070 g/mol. The lowest BCUT2D eigenvalue weighted by atomic mass is 9.97. The number of rotatable bonds is 14. The van der Waals surface area contributed by atoms with Gasteiger partial charge in [-0.3, -0.25) is 39.0 Å². The lowest BCUT2D eigenvalue weighted by Gasteiger charge is -2.46. The monoisotopic (exact) mass is 1070 g/mol. The van der Waals surface area contributed by atoms with Gasteiger partial charge < -0.3 is 52.1 Å². The second-order valence-corrected chi connectivity index (χ2v) is 22.7. The second kappa shape index (κ2) is 20.3. The molecule has 0 saturated carbocycles. The molecule has 2 saturated heterocycles. The Morgan fingerprint density at radius 2 is 0.863 bits per heavy atom. The first-order valence-electron chi connectivity index (χ1n) is 15.0. The lowest BCUT2D eigenvalue weighted by molar-refractivity contribution is -0.328. The zero-order valence-corrected chi connectivity index (χ0v) is 34.8. The summed E-state index contributed by atoms with van der Waals surface area (Å²) in [5.74, 6) is -6.21. The normalized spacial score (nSPS) is 29.0. The van der Waals surface area contributed by atoms with E-state index in [2.05, 4.69) is 67.8 Å². The molecule has 22 heteroatoms. The summed E-state index contributed by atoms with van der Waals surface area (Å²) in [6.07, 6.45) is -15.3. The number of carbonyl (C=O) groups excluding carboxylic acids is 7. The van der Waals surface area contributed by atoms with Crippen LogP contribution in [0.4, 0.5) is 0 Å². The third kappa shape index (κ3) is 15.4. The van der Waals surface area contributed by atoms with Crippen molar-refractivity contribution in [2.75, 3.05) is 13.2 Å². The smallest absolute Gasteiger partial charge is 0.303 e. The summed E-state index contributed by atoms with van der Waals surface area (Å²) >= 11 is 6.21. The highest BCUT2D eigenvalue weighted by Gasteiger charge is 2.56. The van der Waals surface area contributed by atoms with Crippen LogP contribution in [0.25, 0.3) is 0 Å². The van der Waals surface area contributed by atoms with E-state index in [0.29, 0.717) is 0 Å². The molecule has 2 heterocycles. The van der Waals surface area contributed by atoms with Crippen molar-refractivity contribution in [3.05, 3.63) is 0 Å². The molecular weight excluding hydrogens is 1030 g/mol. The highest BCUT2D eigenvalue weighted by molar-refractivity contribution is 14.3. The van der Waals surface area contributed by atoms with Gasteiger partial charge in [0.1, 0.15) is 18.2 Å². The van der Waals surface area contributed by atoms with Crippen LogP contribution >= 0.6 is 67.8 Å². The van der Waals surface area contributed by atoms with E-state index in [1.165, 1.54) is 0 Å². The molecule has 288 valence electrons. The van der Waals surface area contributed by atoms with Crippen molar-refractivity contribution in [1.29, 1.82) is 5.41 Å². The minimum absolute atomic E-state index is 0.0683. The van der Waals surface area contributed by atoms with Gasteiger partial charge in [0, 0.05) is 48.5 Å². The van der Waals surface area contributed by atoms with Crippen molar-refractivity contribution in [2.24, 2.45) is 0 Å². The first-order chi connectivity index (χ1) is 23.6. The average Bonchev–Trinajstić information content (AvgIpc) is 2.94. The van der Waals surface area contributed by atoms with E-state index in [-0.39, 0.29) is 12.3 Å². The van der Waals surface area contributed by atoms with Crippen molar-refractivity contribution >= 4 is 115 Å². The molecule has 2 aliphatic rings. The molecule has 2 rings (SSSR count). The SMILES string of the molecule is CC(=O)OC[C@H]1O[C@@H](OC[C@H]2O[C@H](OC(=N)CC(I)(I)I)[C@H](OC(C)=O)[C@@H](OC(C)=O)[C@@H]2OC(C)=O)[C@H](OC(C)=O)[C@@H](OC(C)=O)[C@@H]1OC(C)=O. The zero-order valence-electron chi connectivity index (χ0n) is 28.4. The first kappa shape index (κ1) is 45.0. The van der Waals surface area contributed by atoms with Gasteiger partial charge in [0.15, 0.2) is 42.7 Å². The molecule has 0 bridgehead atoms. The summed E-state index contributed by atoms with van der Waals surface area (Å²) in [6, 6.07) is 0. The fraction of sp³-hybridized carbons (Fsp3) is 0.724. The van der Waals surface area contributed by atoms with Crippen LogP contribution in [0.15, 0.2) is 0 Å². The summed E-state index contributed by atoms with van der Waals surface area (Å²) < 4.78 is 60.9. The summed E-state index contributed by atoms with van der Waals surface area (Å²) in [4.78, 5) is 85.0. The second-order valence-electron chi connectivity index (χ2n) is 11.0. The van der Waals surface area contributed by atoms with Gasteiger partial charge in [-0.05, 0) is 0 Å². The van der Waals surface area contributed by atoms with E-state index in [0.717, 1.165) is 48.5 Å². The fourth-order valence-electron chi connectivity index (χ4n) is 4.96. The largest absolute Gasteiger partial charge is 0.463 e. The third-order valence-corrected chi connectivity index (χ3v) is 7.63. The van der Waals surface area contributed by atoms with Crippen molar-refractivity contribution in [1.82, 2.24) is 0 Å². The molecule has 0 amide bonds. The number of hydrogen-bond acceptors (Lipinski definition) is 19. The molecule has 0 radical (unpaired) electrons. The Labute approximate surface area is 333 Å². The van der Waals surface area contributed by atoms with Gasteiger partial charge in [-0.25, -0.2) is 0 Å².